The van der Waals surface area contributed by atoms with Crippen LogP contribution in [0.5, 0.6) is 0 Å². The van der Waals surface area contributed by atoms with Gasteiger partial charge >= 0.3 is 0 Å². The molecule has 0 aliphatic carbocycles. The van der Waals surface area contributed by atoms with Crippen molar-refractivity contribution >= 4 is 0 Å². The van der Waals surface area contributed by atoms with Gasteiger partial charge in [0.25, 0.3) is 0 Å². The summed E-state index contributed by atoms with van der Waals surface area (Å²) in [6.07, 6.45) is 1.02. The van der Waals surface area contributed by atoms with Gasteiger partial charge in [0.05, 0.1) is 0 Å². The highest BCUT2D eigenvalue weighted by Gasteiger charge is 2.18. The van der Waals surface area contributed by atoms with Crippen molar-refractivity contribution in [3.05, 3.63) is 35.1 Å². The summed E-state index contributed by atoms with van der Waals surface area (Å²) in [4.78, 5) is 0. The summed E-state index contributed by atoms with van der Waals surface area (Å²) in [7, 11) is 0. The zero-order chi connectivity index (χ0) is 10.1. The lowest BCUT2D eigenvalue weighted by Crippen LogP contribution is -2.15. The molecule has 72 valence electrons. The zero-order valence-corrected chi connectivity index (χ0v) is 8.82. The van der Waals surface area contributed by atoms with Crippen LogP contribution in [0.2, 0.25) is 0 Å². The first-order chi connectivity index (χ1) is 5.95. The van der Waals surface area contributed by atoms with Crippen molar-refractivity contribution in [1.29, 1.82) is 0 Å². The number of halogens is 1. The molecule has 0 aromatic heterocycles. The lowest BCUT2D eigenvalue weighted by Gasteiger charge is -2.23. The minimum Gasteiger partial charge on any atom is -0.207 e. The standard InChI is InChI=1S/C12H17F/c1-5-12(3,4)10-6-9(2)7-11(13)8-10/h6-8H,5H2,1-4H3. The molecule has 0 amide bonds. The third-order valence-electron chi connectivity index (χ3n) is 2.71. The number of aryl methyl sites for hydroxylation is 1. The largest absolute Gasteiger partial charge is 0.207 e. The van der Waals surface area contributed by atoms with Crippen LogP contribution in [-0.2, 0) is 5.41 Å². The molecule has 1 aromatic carbocycles. The van der Waals surface area contributed by atoms with Crippen LogP contribution in [0.1, 0.15) is 38.3 Å². The van der Waals surface area contributed by atoms with E-state index in [2.05, 4.69) is 26.8 Å². The van der Waals surface area contributed by atoms with Crippen molar-refractivity contribution in [1.82, 2.24) is 0 Å². The lowest BCUT2D eigenvalue weighted by atomic mass is 9.82. The molecule has 0 fully saturated rings. The molecule has 13 heavy (non-hydrogen) atoms. The van der Waals surface area contributed by atoms with Gasteiger partial charge < -0.3 is 0 Å². The number of hydrogen-bond donors (Lipinski definition) is 0. The maximum Gasteiger partial charge on any atom is 0.123 e. The average molecular weight is 180 g/mol. The van der Waals surface area contributed by atoms with Crippen LogP contribution in [0.15, 0.2) is 18.2 Å². The number of rotatable bonds is 2. The fourth-order valence-electron chi connectivity index (χ4n) is 1.33. The van der Waals surface area contributed by atoms with E-state index in [9.17, 15) is 4.39 Å². The maximum absolute atomic E-state index is 13.1. The first kappa shape index (κ1) is 10.2. The fraction of sp³-hybridized carbons (Fsp3) is 0.500. The average Bonchev–Trinajstić information content (AvgIpc) is 2.02. The van der Waals surface area contributed by atoms with Crippen LogP contribution < -0.4 is 0 Å². The van der Waals surface area contributed by atoms with Gasteiger partial charge in [-0.25, -0.2) is 4.39 Å². The van der Waals surface area contributed by atoms with Crippen LogP contribution in [0.3, 0.4) is 0 Å². The fourth-order valence-corrected chi connectivity index (χ4v) is 1.33. The Morgan fingerprint density at radius 2 is 1.85 bits per heavy atom. The first-order valence-corrected chi connectivity index (χ1v) is 4.73. The molecule has 1 aromatic rings. The summed E-state index contributed by atoms with van der Waals surface area (Å²) in [5.74, 6) is -0.128. The van der Waals surface area contributed by atoms with Crippen LogP contribution in [0.4, 0.5) is 4.39 Å². The van der Waals surface area contributed by atoms with Gasteiger partial charge in [-0.3, -0.25) is 0 Å². The molecule has 1 heteroatoms. The van der Waals surface area contributed by atoms with Crippen LogP contribution in [0, 0.1) is 12.7 Å². The SMILES string of the molecule is CCC(C)(C)c1cc(C)cc(F)c1. The number of hydrogen-bond acceptors (Lipinski definition) is 0. The Hall–Kier alpha value is -0.850. The normalized spacial score (nSPS) is 11.8. The Balaban J connectivity index is 3.15. The minimum atomic E-state index is -0.128. The summed E-state index contributed by atoms with van der Waals surface area (Å²) in [5, 5.41) is 0. The van der Waals surface area contributed by atoms with Gasteiger partial charge in [-0.05, 0) is 42.0 Å². The van der Waals surface area contributed by atoms with E-state index in [0.717, 1.165) is 17.5 Å². The van der Waals surface area contributed by atoms with Gasteiger partial charge in [0.1, 0.15) is 5.82 Å². The van der Waals surface area contributed by atoms with E-state index in [-0.39, 0.29) is 11.2 Å². The Morgan fingerprint density at radius 1 is 1.23 bits per heavy atom. The van der Waals surface area contributed by atoms with Gasteiger partial charge in [0.2, 0.25) is 0 Å². The maximum atomic E-state index is 13.1. The van der Waals surface area contributed by atoms with Crippen molar-refractivity contribution in [2.45, 2.75) is 39.5 Å². The summed E-state index contributed by atoms with van der Waals surface area (Å²) in [6.45, 7) is 8.33. The second kappa shape index (κ2) is 3.49. The van der Waals surface area contributed by atoms with Gasteiger partial charge in [-0.2, -0.15) is 0 Å². The smallest absolute Gasteiger partial charge is 0.123 e. The molecule has 0 radical (unpaired) electrons. The van der Waals surface area contributed by atoms with Crippen molar-refractivity contribution < 1.29 is 4.39 Å². The first-order valence-electron chi connectivity index (χ1n) is 4.73. The molecule has 0 bridgehead atoms. The quantitative estimate of drug-likeness (QED) is 0.649. The highest BCUT2D eigenvalue weighted by Crippen LogP contribution is 2.27. The molecule has 0 saturated carbocycles. The van der Waals surface area contributed by atoms with E-state index in [1.165, 1.54) is 0 Å². The molecule has 0 nitrogen and oxygen atoms in total. The van der Waals surface area contributed by atoms with E-state index in [4.69, 9.17) is 0 Å². The van der Waals surface area contributed by atoms with Gasteiger partial charge in [-0.15, -0.1) is 0 Å². The second-order valence-corrected chi connectivity index (χ2v) is 4.25. The molecule has 0 atom stereocenters. The second-order valence-electron chi connectivity index (χ2n) is 4.25. The molecule has 0 N–H and O–H groups in total. The van der Waals surface area contributed by atoms with E-state index < -0.39 is 0 Å². The molecular formula is C12H17F. The third-order valence-corrected chi connectivity index (χ3v) is 2.71. The molecular weight excluding hydrogens is 163 g/mol. The van der Waals surface area contributed by atoms with Crippen LogP contribution in [-0.4, -0.2) is 0 Å². The van der Waals surface area contributed by atoms with Crippen molar-refractivity contribution in [2.75, 3.05) is 0 Å². The predicted molar refractivity (Wildman–Crippen MR) is 54.5 cm³/mol. The van der Waals surface area contributed by atoms with E-state index in [0.29, 0.717) is 0 Å². The van der Waals surface area contributed by atoms with E-state index in [1.807, 2.05) is 6.92 Å². The predicted octanol–water partition coefficient (Wildman–Crippen LogP) is 3.82. The van der Waals surface area contributed by atoms with Crippen LogP contribution >= 0.6 is 0 Å². The van der Waals surface area contributed by atoms with E-state index >= 15 is 0 Å². The summed E-state index contributed by atoms with van der Waals surface area (Å²) >= 11 is 0. The lowest BCUT2D eigenvalue weighted by molar-refractivity contribution is 0.500. The Bertz CT molecular complexity index is 280. The molecule has 0 spiro atoms. The van der Waals surface area contributed by atoms with Gasteiger partial charge in [0, 0.05) is 0 Å². The molecule has 0 heterocycles. The van der Waals surface area contributed by atoms with E-state index in [1.54, 1.807) is 12.1 Å². The summed E-state index contributed by atoms with van der Waals surface area (Å²) in [6, 6.07) is 5.26. The van der Waals surface area contributed by atoms with Gasteiger partial charge in [0.15, 0.2) is 0 Å². The molecule has 0 unspecified atom stereocenters. The van der Waals surface area contributed by atoms with Crippen molar-refractivity contribution in [2.24, 2.45) is 0 Å². The van der Waals surface area contributed by atoms with Crippen molar-refractivity contribution in [3.8, 4) is 0 Å². The molecule has 0 saturated heterocycles. The number of benzene rings is 1. The Kier molecular flexibility index (Phi) is 2.74. The highest BCUT2D eigenvalue weighted by molar-refractivity contribution is 5.29. The van der Waals surface area contributed by atoms with Gasteiger partial charge in [-0.1, -0.05) is 26.8 Å². The summed E-state index contributed by atoms with van der Waals surface area (Å²) < 4.78 is 13.1. The summed E-state index contributed by atoms with van der Waals surface area (Å²) in [5.41, 5.74) is 2.16. The zero-order valence-electron chi connectivity index (χ0n) is 8.82. The molecule has 0 aliphatic heterocycles. The minimum absolute atomic E-state index is 0.0763. The highest BCUT2D eigenvalue weighted by atomic mass is 19.1. The third kappa shape index (κ3) is 2.30. The topological polar surface area (TPSA) is 0 Å². The molecule has 1 rings (SSSR count). The van der Waals surface area contributed by atoms with Crippen molar-refractivity contribution in [3.63, 3.8) is 0 Å². The Labute approximate surface area is 79.8 Å². The van der Waals surface area contributed by atoms with Crippen LogP contribution in [0.25, 0.3) is 0 Å². The molecule has 0 aliphatic rings. The monoisotopic (exact) mass is 180 g/mol. The Morgan fingerprint density at radius 3 is 2.31 bits per heavy atom.